The number of nitrogens with one attached hydrogen (secondary N) is 1. The minimum absolute atomic E-state index is 0.0695. The van der Waals surface area contributed by atoms with Crippen LogP contribution in [0.4, 0.5) is 20.2 Å². The second-order valence-corrected chi connectivity index (χ2v) is 7.34. The van der Waals surface area contributed by atoms with Gasteiger partial charge in [0.2, 0.25) is 0 Å². The van der Waals surface area contributed by atoms with Crippen molar-refractivity contribution >= 4 is 42.5 Å². The van der Waals surface area contributed by atoms with Crippen molar-refractivity contribution in [2.24, 2.45) is 0 Å². The highest BCUT2D eigenvalue weighted by Crippen LogP contribution is 2.27. The lowest BCUT2D eigenvalue weighted by Crippen LogP contribution is -2.26. The fraction of sp³-hybridized carbons (Fsp3) is 0.348. The Morgan fingerprint density at radius 1 is 1.12 bits per heavy atom. The SMILES string of the molecule is C=O.C=O.O=C(Nc1ccc(F)c(Cl)c1)c1ccc(CCF)c(N2CCCC(O)CC2)c1. The molecule has 1 fully saturated rings. The van der Waals surface area contributed by atoms with Gasteiger partial charge in [-0.2, -0.15) is 0 Å². The maximum absolute atomic E-state index is 13.3. The fourth-order valence-electron chi connectivity index (χ4n) is 3.41. The van der Waals surface area contributed by atoms with Gasteiger partial charge >= 0.3 is 0 Å². The Hall–Kier alpha value is -2.84. The van der Waals surface area contributed by atoms with Gasteiger partial charge in [0.15, 0.2) is 0 Å². The fourth-order valence-corrected chi connectivity index (χ4v) is 3.59. The number of aliphatic hydroxyl groups excluding tert-OH is 1. The third-order valence-corrected chi connectivity index (χ3v) is 5.22. The van der Waals surface area contributed by atoms with Gasteiger partial charge in [-0.3, -0.25) is 9.18 Å². The van der Waals surface area contributed by atoms with Crippen molar-refractivity contribution < 1.29 is 28.3 Å². The van der Waals surface area contributed by atoms with Crippen molar-refractivity contribution in [3.63, 3.8) is 0 Å². The van der Waals surface area contributed by atoms with Crippen molar-refractivity contribution in [3.05, 3.63) is 58.4 Å². The molecule has 32 heavy (non-hydrogen) atoms. The molecule has 3 rings (SSSR count). The molecule has 0 aliphatic carbocycles. The van der Waals surface area contributed by atoms with Crippen LogP contribution in [0.5, 0.6) is 0 Å². The lowest BCUT2D eigenvalue weighted by Gasteiger charge is -2.26. The van der Waals surface area contributed by atoms with Crippen LogP contribution in [0.3, 0.4) is 0 Å². The molecular formula is C23H27ClF2N2O4. The molecule has 1 unspecified atom stereocenters. The van der Waals surface area contributed by atoms with Gasteiger partial charge in [-0.1, -0.05) is 17.7 Å². The van der Waals surface area contributed by atoms with Crippen molar-refractivity contribution in [3.8, 4) is 0 Å². The standard InChI is InChI=1S/C21H23ClF2N2O2.2CH2O/c22-18-13-16(5-6-19(18)24)25-21(28)15-4-3-14(7-9-23)20(12-15)26-10-1-2-17(27)8-11-26;2*1-2/h3-6,12-13,17,27H,1-2,7-11H2,(H,25,28);2*1H2. The van der Waals surface area contributed by atoms with E-state index in [4.69, 9.17) is 21.2 Å². The van der Waals surface area contributed by atoms with Crippen LogP contribution in [0.1, 0.15) is 35.2 Å². The Bertz CT molecular complexity index is 883. The zero-order chi connectivity index (χ0) is 24.1. The third kappa shape index (κ3) is 7.69. The van der Waals surface area contributed by atoms with Gasteiger partial charge < -0.3 is 24.9 Å². The lowest BCUT2D eigenvalue weighted by molar-refractivity contribution is -0.0987. The van der Waals surface area contributed by atoms with Crippen LogP contribution < -0.4 is 10.2 Å². The Balaban J connectivity index is 0.00000121. The number of carbonyl (C=O) groups excluding carboxylic acids is 3. The van der Waals surface area contributed by atoms with Crippen molar-refractivity contribution in [2.45, 2.75) is 31.8 Å². The normalized spacial score (nSPS) is 15.4. The van der Waals surface area contributed by atoms with E-state index >= 15 is 0 Å². The smallest absolute Gasteiger partial charge is 0.255 e. The molecule has 6 nitrogen and oxygen atoms in total. The molecule has 1 amide bonds. The largest absolute Gasteiger partial charge is 0.393 e. The van der Waals surface area contributed by atoms with Crippen LogP contribution >= 0.6 is 11.6 Å². The topological polar surface area (TPSA) is 86.7 Å². The van der Waals surface area contributed by atoms with Gasteiger partial charge in [-0.05, 0) is 55.2 Å². The highest BCUT2D eigenvalue weighted by atomic mass is 35.5. The molecule has 0 bridgehead atoms. The molecule has 9 heteroatoms. The summed E-state index contributed by atoms with van der Waals surface area (Å²) in [6, 6.07) is 9.15. The van der Waals surface area contributed by atoms with E-state index in [0.717, 1.165) is 30.6 Å². The molecule has 174 valence electrons. The van der Waals surface area contributed by atoms with E-state index in [1.54, 1.807) is 18.2 Å². The van der Waals surface area contributed by atoms with Crippen LogP contribution in [-0.2, 0) is 16.0 Å². The zero-order valence-corrected chi connectivity index (χ0v) is 18.4. The Morgan fingerprint density at radius 2 is 1.84 bits per heavy atom. The van der Waals surface area contributed by atoms with E-state index in [9.17, 15) is 18.7 Å². The Morgan fingerprint density at radius 3 is 2.50 bits per heavy atom. The first-order valence-corrected chi connectivity index (χ1v) is 10.3. The van der Waals surface area contributed by atoms with Gasteiger partial charge in [-0.15, -0.1) is 0 Å². The number of benzene rings is 2. The summed E-state index contributed by atoms with van der Waals surface area (Å²) in [5, 5.41) is 12.5. The number of hydrogen-bond donors (Lipinski definition) is 2. The average Bonchev–Trinajstić information content (AvgIpc) is 3.04. The van der Waals surface area contributed by atoms with Crippen molar-refractivity contribution in [1.29, 1.82) is 0 Å². The first kappa shape index (κ1) is 27.2. The maximum Gasteiger partial charge on any atom is 0.255 e. The lowest BCUT2D eigenvalue weighted by atomic mass is 10.0. The molecular weight excluding hydrogens is 442 g/mol. The molecule has 1 aliphatic rings. The van der Waals surface area contributed by atoms with E-state index in [1.165, 1.54) is 18.2 Å². The predicted molar refractivity (Wildman–Crippen MR) is 122 cm³/mol. The van der Waals surface area contributed by atoms with Crippen LogP contribution in [0.15, 0.2) is 36.4 Å². The average molecular weight is 469 g/mol. The molecule has 2 aromatic rings. The number of aryl methyl sites for hydroxylation is 1. The van der Waals surface area contributed by atoms with Crippen molar-refractivity contribution in [2.75, 3.05) is 30.0 Å². The Labute approximate surface area is 191 Å². The van der Waals surface area contributed by atoms with E-state index in [1.807, 2.05) is 13.6 Å². The van der Waals surface area contributed by atoms with E-state index < -0.39 is 12.5 Å². The Kier molecular flexibility index (Phi) is 12.1. The summed E-state index contributed by atoms with van der Waals surface area (Å²) in [6.07, 6.45) is 2.15. The van der Waals surface area contributed by atoms with Gasteiger partial charge in [0, 0.05) is 36.4 Å². The summed E-state index contributed by atoms with van der Waals surface area (Å²) >= 11 is 5.76. The van der Waals surface area contributed by atoms with E-state index in [2.05, 4.69) is 10.2 Å². The van der Waals surface area contributed by atoms with Crippen molar-refractivity contribution in [1.82, 2.24) is 0 Å². The van der Waals surface area contributed by atoms with E-state index in [-0.39, 0.29) is 23.5 Å². The van der Waals surface area contributed by atoms with Crippen LogP contribution in [-0.4, -0.2) is 50.5 Å². The van der Waals surface area contributed by atoms with Crippen LogP contribution in [0.25, 0.3) is 0 Å². The molecule has 1 atom stereocenters. The summed E-state index contributed by atoms with van der Waals surface area (Å²) in [5.74, 6) is -0.911. The summed E-state index contributed by atoms with van der Waals surface area (Å²) in [7, 11) is 0. The number of aliphatic hydroxyl groups is 1. The maximum atomic E-state index is 13.3. The summed E-state index contributed by atoms with van der Waals surface area (Å²) < 4.78 is 26.3. The highest BCUT2D eigenvalue weighted by molar-refractivity contribution is 6.31. The number of alkyl halides is 1. The molecule has 0 aromatic heterocycles. The van der Waals surface area contributed by atoms with Gasteiger partial charge in [0.05, 0.1) is 17.8 Å². The van der Waals surface area contributed by atoms with E-state index in [0.29, 0.717) is 24.2 Å². The van der Waals surface area contributed by atoms with Crippen LogP contribution in [0.2, 0.25) is 5.02 Å². The summed E-state index contributed by atoms with van der Waals surface area (Å²) in [4.78, 5) is 30.8. The number of hydrogen-bond acceptors (Lipinski definition) is 5. The molecule has 1 aliphatic heterocycles. The molecule has 1 heterocycles. The second-order valence-electron chi connectivity index (χ2n) is 6.94. The molecule has 1 saturated heterocycles. The molecule has 0 radical (unpaired) electrons. The zero-order valence-electron chi connectivity index (χ0n) is 17.7. The molecule has 0 spiro atoms. The number of rotatable bonds is 5. The summed E-state index contributed by atoms with van der Waals surface area (Å²) in [5.41, 5.74) is 2.46. The summed E-state index contributed by atoms with van der Waals surface area (Å²) in [6.45, 7) is 4.91. The predicted octanol–water partition coefficient (Wildman–Crippen LogP) is 4.22. The number of nitrogens with zero attached hydrogens (tertiary/aromatic N) is 1. The minimum atomic E-state index is -0.555. The van der Waals surface area contributed by atoms with Gasteiger partial charge in [-0.25, -0.2) is 4.39 Å². The second kappa shape index (κ2) is 14.3. The third-order valence-electron chi connectivity index (χ3n) is 4.93. The number of amides is 1. The molecule has 2 aromatic carbocycles. The quantitative estimate of drug-likeness (QED) is 0.686. The molecule has 0 saturated carbocycles. The monoisotopic (exact) mass is 468 g/mol. The van der Waals surface area contributed by atoms with Crippen LogP contribution in [0, 0.1) is 5.82 Å². The number of halogens is 3. The molecule has 2 N–H and O–H groups in total. The first-order chi connectivity index (χ1) is 15.5. The van der Waals surface area contributed by atoms with Gasteiger partial charge in [0.25, 0.3) is 5.91 Å². The number of anilines is 2. The highest BCUT2D eigenvalue weighted by Gasteiger charge is 2.19. The number of carbonyl (C=O) groups is 3. The van der Waals surface area contributed by atoms with Gasteiger partial charge in [0.1, 0.15) is 19.4 Å². The first-order valence-electron chi connectivity index (χ1n) is 9.94. The minimum Gasteiger partial charge on any atom is -0.393 e.